The maximum absolute atomic E-state index is 8.99. The van der Waals surface area contributed by atoms with Crippen molar-refractivity contribution in [3.8, 4) is 5.75 Å². The highest BCUT2D eigenvalue weighted by molar-refractivity contribution is 5.63. The van der Waals surface area contributed by atoms with Gasteiger partial charge in [0.2, 0.25) is 0 Å². The van der Waals surface area contributed by atoms with E-state index in [1.54, 1.807) is 12.1 Å². The molecule has 1 aromatic carbocycles. The summed E-state index contributed by atoms with van der Waals surface area (Å²) in [7, 11) is 0. The summed E-state index contributed by atoms with van der Waals surface area (Å²) in [6.45, 7) is 4.05. The zero-order valence-corrected chi connectivity index (χ0v) is 6.83. The number of hydrogen-bond donors (Lipinski definition) is 1. The van der Waals surface area contributed by atoms with Crippen LogP contribution in [0.25, 0.3) is 5.57 Å². The number of aromatic hydroxyl groups is 1. The molecule has 0 unspecified atom stereocenters. The van der Waals surface area contributed by atoms with Crippen molar-refractivity contribution in [3.05, 3.63) is 35.9 Å². The van der Waals surface area contributed by atoms with Gasteiger partial charge < -0.3 is 5.11 Å². The molecule has 0 bridgehead atoms. The summed E-state index contributed by atoms with van der Waals surface area (Å²) < 4.78 is 0. The number of benzene rings is 1. The minimum absolute atomic E-state index is 0.317. The largest absolute Gasteiger partial charge is 0.508 e. The van der Waals surface area contributed by atoms with Crippen molar-refractivity contribution in [1.82, 2.24) is 0 Å². The third kappa shape index (κ3) is 1.84. The van der Waals surface area contributed by atoms with E-state index in [2.05, 4.69) is 0 Å². The van der Waals surface area contributed by atoms with E-state index >= 15 is 0 Å². The van der Waals surface area contributed by atoms with Gasteiger partial charge in [0.25, 0.3) is 0 Å². The number of allylic oxidation sites excluding steroid dienone is 2. The van der Waals surface area contributed by atoms with Gasteiger partial charge in [0.05, 0.1) is 0 Å². The Hall–Kier alpha value is -1.24. The van der Waals surface area contributed by atoms with Crippen LogP contribution in [-0.2, 0) is 0 Å². The van der Waals surface area contributed by atoms with Crippen LogP contribution in [0.5, 0.6) is 5.75 Å². The topological polar surface area (TPSA) is 20.2 Å². The third-order valence-corrected chi connectivity index (χ3v) is 1.76. The van der Waals surface area contributed by atoms with E-state index in [1.165, 1.54) is 5.57 Å². The Morgan fingerprint density at radius 3 is 2.27 bits per heavy atom. The molecular formula is C10H12O. The maximum atomic E-state index is 8.99. The first-order chi connectivity index (χ1) is 5.24. The Labute approximate surface area is 67.0 Å². The molecule has 0 amide bonds. The summed E-state index contributed by atoms with van der Waals surface area (Å²) in [5.41, 5.74) is 2.38. The summed E-state index contributed by atoms with van der Waals surface area (Å²) in [5, 5.41) is 8.99. The molecule has 0 aliphatic carbocycles. The third-order valence-electron chi connectivity index (χ3n) is 1.76. The summed E-state index contributed by atoms with van der Waals surface area (Å²) in [6, 6.07) is 7.21. The molecule has 1 N–H and O–H groups in total. The second kappa shape index (κ2) is 3.24. The van der Waals surface area contributed by atoms with E-state index in [9.17, 15) is 0 Å². The monoisotopic (exact) mass is 148 g/mol. The van der Waals surface area contributed by atoms with Gasteiger partial charge in [0, 0.05) is 0 Å². The van der Waals surface area contributed by atoms with Crippen LogP contribution < -0.4 is 0 Å². The molecular weight excluding hydrogens is 136 g/mol. The fourth-order valence-electron chi connectivity index (χ4n) is 0.891. The highest BCUT2D eigenvalue weighted by Gasteiger charge is 1.92. The Morgan fingerprint density at radius 1 is 1.27 bits per heavy atom. The molecule has 58 valence electrons. The van der Waals surface area contributed by atoms with Gasteiger partial charge in [-0.2, -0.15) is 0 Å². The SMILES string of the molecule is CC=C(C)c1ccc(O)cc1. The van der Waals surface area contributed by atoms with E-state index < -0.39 is 0 Å². The van der Waals surface area contributed by atoms with Crippen LogP contribution in [0.2, 0.25) is 0 Å². The van der Waals surface area contributed by atoms with Crippen LogP contribution >= 0.6 is 0 Å². The molecule has 1 heteroatoms. The molecule has 1 aromatic rings. The lowest BCUT2D eigenvalue weighted by atomic mass is 10.1. The van der Waals surface area contributed by atoms with E-state index in [4.69, 9.17) is 5.11 Å². The van der Waals surface area contributed by atoms with Crippen molar-refractivity contribution in [2.45, 2.75) is 13.8 Å². The van der Waals surface area contributed by atoms with E-state index in [1.807, 2.05) is 32.1 Å². The summed E-state index contributed by atoms with van der Waals surface area (Å²) in [4.78, 5) is 0. The molecule has 0 radical (unpaired) electrons. The van der Waals surface area contributed by atoms with Crippen LogP contribution in [0.4, 0.5) is 0 Å². The lowest BCUT2D eigenvalue weighted by molar-refractivity contribution is 0.475. The predicted octanol–water partition coefficient (Wildman–Crippen LogP) is 2.82. The average Bonchev–Trinajstić information content (AvgIpc) is 2.05. The first kappa shape index (κ1) is 7.86. The lowest BCUT2D eigenvalue weighted by Gasteiger charge is -1.99. The highest BCUT2D eigenvalue weighted by atomic mass is 16.3. The molecule has 0 aromatic heterocycles. The molecule has 1 rings (SSSR count). The minimum atomic E-state index is 0.317. The molecule has 0 spiro atoms. The second-order valence-corrected chi connectivity index (χ2v) is 2.52. The van der Waals surface area contributed by atoms with E-state index in [0.29, 0.717) is 5.75 Å². The fraction of sp³-hybridized carbons (Fsp3) is 0.200. The van der Waals surface area contributed by atoms with Gasteiger partial charge in [0.1, 0.15) is 5.75 Å². The number of rotatable bonds is 1. The number of phenols is 1. The lowest BCUT2D eigenvalue weighted by Crippen LogP contribution is -1.76. The molecule has 0 fully saturated rings. The van der Waals surface area contributed by atoms with Crippen molar-refractivity contribution >= 4 is 5.57 Å². The number of hydrogen-bond acceptors (Lipinski definition) is 1. The normalized spacial score (nSPS) is 11.6. The fourth-order valence-corrected chi connectivity index (χ4v) is 0.891. The van der Waals surface area contributed by atoms with Gasteiger partial charge in [-0.25, -0.2) is 0 Å². The first-order valence-electron chi connectivity index (χ1n) is 3.66. The van der Waals surface area contributed by atoms with Crippen molar-refractivity contribution in [2.24, 2.45) is 0 Å². The zero-order valence-electron chi connectivity index (χ0n) is 6.83. The van der Waals surface area contributed by atoms with Gasteiger partial charge in [0.15, 0.2) is 0 Å². The Balaban J connectivity index is 2.99. The predicted molar refractivity (Wildman–Crippen MR) is 47.4 cm³/mol. The quantitative estimate of drug-likeness (QED) is 0.649. The molecule has 0 aliphatic rings. The van der Waals surface area contributed by atoms with Crippen LogP contribution in [0, 0.1) is 0 Å². The second-order valence-electron chi connectivity index (χ2n) is 2.52. The molecule has 0 aliphatic heterocycles. The Morgan fingerprint density at radius 2 is 1.82 bits per heavy atom. The van der Waals surface area contributed by atoms with Gasteiger partial charge in [-0.3, -0.25) is 0 Å². The van der Waals surface area contributed by atoms with Crippen molar-refractivity contribution in [2.75, 3.05) is 0 Å². The van der Waals surface area contributed by atoms with Crippen LogP contribution in [0.3, 0.4) is 0 Å². The molecule has 0 saturated carbocycles. The zero-order chi connectivity index (χ0) is 8.27. The summed E-state index contributed by atoms with van der Waals surface area (Å²) >= 11 is 0. The van der Waals surface area contributed by atoms with E-state index in [0.717, 1.165) is 5.56 Å². The van der Waals surface area contributed by atoms with Gasteiger partial charge >= 0.3 is 0 Å². The molecule has 1 nitrogen and oxygen atoms in total. The van der Waals surface area contributed by atoms with Crippen molar-refractivity contribution in [3.63, 3.8) is 0 Å². The smallest absolute Gasteiger partial charge is 0.115 e. The maximum Gasteiger partial charge on any atom is 0.115 e. The molecule has 0 saturated heterocycles. The number of phenolic OH excluding ortho intramolecular Hbond substituents is 1. The Kier molecular flexibility index (Phi) is 2.32. The van der Waals surface area contributed by atoms with Gasteiger partial charge in [-0.1, -0.05) is 18.2 Å². The van der Waals surface area contributed by atoms with E-state index in [-0.39, 0.29) is 0 Å². The van der Waals surface area contributed by atoms with Gasteiger partial charge in [-0.15, -0.1) is 0 Å². The van der Waals surface area contributed by atoms with Crippen molar-refractivity contribution < 1.29 is 5.11 Å². The first-order valence-corrected chi connectivity index (χ1v) is 3.66. The minimum Gasteiger partial charge on any atom is -0.508 e. The molecule has 11 heavy (non-hydrogen) atoms. The molecule has 0 atom stereocenters. The summed E-state index contributed by atoms with van der Waals surface area (Å²) in [5.74, 6) is 0.317. The average molecular weight is 148 g/mol. The molecule has 0 heterocycles. The van der Waals surface area contributed by atoms with Crippen LogP contribution in [0.15, 0.2) is 30.3 Å². The van der Waals surface area contributed by atoms with Gasteiger partial charge in [-0.05, 0) is 37.1 Å². The van der Waals surface area contributed by atoms with Crippen molar-refractivity contribution in [1.29, 1.82) is 0 Å². The summed E-state index contributed by atoms with van der Waals surface area (Å²) in [6.07, 6.45) is 2.05. The Bertz CT molecular complexity index is 257. The van der Waals surface area contributed by atoms with Crippen LogP contribution in [-0.4, -0.2) is 5.11 Å². The highest BCUT2D eigenvalue weighted by Crippen LogP contribution is 2.16. The van der Waals surface area contributed by atoms with Crippen LogP contribution in [0.1, 0.15) is 19.4 Å². The standard InChI is InChI=1S/C10H12O/c1-3-8(2)9-4-6-10(11)7-5-9/h3-7,11H,1-2H3.